The number of benzene rings is 2. The summed E-state index contributed by atoms with van der Waals surface area (Å²) in [4.78, 5) is 0. The third kappa shape index (κ3) is 4.41. The van der Waals surface area contributed by atoms with E-state index in [0.717, 1.165) is 18.8 Å². The van der Waals surface area contributed by atoms with Crippen LogP contribution in [0.15, 0.2) is 60.7 Å². The highest BCUT2D eigenvalue weighted by molar-refractivity contribution is 7.98. The van der Waals surface area contributed by atoms with Crippen LogP contribution in [0.5, 0.6) is 0 Å². The molecule has 2 aromatic carbocycles. The molecule has 19 heavy (non-hydrogen) atoms. The summed E-state index contributed by atoms with van der Waals surface area (Å²) >= 11 is 1.88. The average Bonchev–Trinajstić information content (AvgIpc) is 2.49. The Morgan fingerprint density at radius 1 is 0.895 bits per heavy atom. The van der Waals surface area contributed by atoms with Gasteiger partial charge in [0.1, 0.15) is 0 Å². The van der Waals surface area contributed by atoms with Crippen LogP contribution in [0.1, 0.15) is 17.0 Å². The lowest BCUT2D eigenvalue weighted by Gasteiger charge is -2.18. The fourth-order valence-corrected chi connectivity index (χ4v) is 2.57. The molecular weight excluding hydrogens is 250 g/mol. The topological polar surface area (TPSA) is 12.0 Å². The Morgan fingerprint density at radius 3 is 1.89 bits per heavy atom. The lowest BCUT2D eigenvalue weighted by Crippen LogP contribution is -2.24. The molecule has 0 unspecified atom stereocenters. The predicted octanol–water partition coefficient (Wildman–Crippen LogP) is 3.77. The Morgan fingerprint density at radius 2 is 1.42 bits per heavy atom. The summed E-state index contributed by atoms with van der Waals surface area (Å²) < 4.78 is 0. The van der Waals surface area contributed by atoms with Crippen molar-refractivity contribution in [2.24, 2.45) is 0 Å². The van der Waals surface area contributed by atoms with E-state index in [4.69, 9.17) is 0 Å². The summed E-state index contributed by atoms with van der Waals surface area (Å²) in [5.41, 5.74) is 2.76. The van der Waals surface area contributed by atoms with Gasteiger partial charge >= 0.3 is 0 Å². The van der Waals surface area contributed by atoms with Gasteiger partial charge in [-0.25, -0.2) is 0 Å². The quantitative estimate of drug-likeness (QED) is 0.769. The Kier molecular flexibility index (Phi) is 5.99. The first-order chi connectivity index (χ1) is 9.42. The number of rotatable bonds is 7. The summed E-state index contributed by atoms with van der Waals surface area (Å²) in [5, 5.41) is 3.56. The highest BCUT2D eigenvalue weighted by Crippen LogP contribution is 2.23. The molecule has 2 rings (SSSR count). The molecule has 0 aliphatic heterocycles. The molecule has 1 nitrogen and oxygen atoms in total. The zero-order chi connectivity index (χ0) is 13.3. The van der Waals surface area contributed by atoms with Crippen molar-refractivity contribution in [1.82, 2.24) is 5.32 Å². The van der Waals surface area contributed by atoms with E-state index < -0.39 is 0 Å². The zero-order valence-corrected chi connectivity index (χ0v) is 12.2. The monoisotopic (exact) mass is 271 g/mol. The maximum atomic E-state index is 3.56. The third-order valence-corrected chi connectivity index (χ3v) is 3.85. The summed E-state index contributed by atoms with van der Waals surface area (Å²) in [6, 6.07) is 21.5. The second kappa shape index (κ2) is 8.03. The van der Waals surface area contributed by atoms with Crippen molar-refractivity contribution in [3.63, 3.8) is 0 Å². The highest BCUT2D eigenvalue weighted by Gasteiger charge is 2.12. The summed E-state index contributed by atoms with van der Waals surface area (Å²) in [5.74, 6) is 1.60. The van der Waals surface area contributed by atoms with Gasteiger partial charge in [0.2, 0.25) is 0 Å². The Labute approximate surface area is 120 Å². The Balaban J connectivity index is 2.10. The average molecular weight is 271 g/mol. The lowest BCUT2D eigenvalue weighted by atomic mass is 9.91. The minimum atomic E-state index is 0.434. The van der Waals surface area contributed by atoms with Gasteiger partial charge in [-0.2, -0.15) is 11.8 Å². The second-order valence-corrected chi connectivity index (χ2v) is 5.56. The van der Waals surface area contributed by atoms with Gasteiger partial charge in [-0.15, -0.1) is 0 Å². The fourth-order valence-electron chi connectivity index (χ4n) is 2.22. The molecule has 0 saturated carbocycles. The number of nitrogens with one attached hydrogen (secondary N) is 1. The van der Waals surface area contributed by atoms with Crippen molar-refractivity contribution < 1.29 is 0 Å². The van der Waals surface area contributed by atoms with Gasteiger partial charge in [0.05, 0.1) is 0 Å². The van der Waals surface area contributed by atoms with Crippen molar-refractivity contribution in [3.05, 3.63) is 71.8 Å². The summed E-state index contributed by atoms with van der Waals surface area (Å²) in [6.45, 7) is 2.06. The van der Waals surface area contributed by atoms with E-state index in [9.17, 15) is 0 Å². The molecule has 0 atom stereocenters. The minimum Gasteiger partial charge on any atom is -0.315 e. The van der Waals surface area contributed by atoms with Crippen LogP contribution in [0, 0.1) is 0 Å². The van der Waals surface area contributed by atoms with Crippen LogP contribution < -0.4 is 5.32 Å². The van der Waals surface area contributed by atoms with Gasteiger partial charge in [-0.05, 0) is 17.4 Å². The molecule has 0 radical (unpaired) electrons. The van der Waals surface area contributed by atoms with Gasteiger partial charge in [-0.3, -0.25) is 0 Å². The molecular formula is C17H21NS. The zero-order valence-electron chi connectivity index (χ0n) is 11.4. The Bertz CT molecular complexity index is 416. The van der Waals surface area contributed by atoms with Crippen LogP contribution >= 0.6 is 11.8 Å². The second-order valence-electron chi connectivity index (χ2n) is 4.57. The van der Waals surface area contributed by atoms with Crippen molar-refractivity contribution >= 4 is 11.8 Å². The normalized spacial score (nSPS) is 10.8. The first-order valence-electron chi connectivity index (χ1n) is 6.71. The molecule has 2 aromatic rings. The molecule has 0 aliphatic rings. The maximum absolute atomic E-state index is 3.56. The van der Waals surface area contributed by atoms with E-state index in [1.165, 1.54) is 11.1 Å². The summed E-state index contributed by atoms with van der Waals surface area (Å²) in [7, 11) is 0. The Hall–Kier alpha value is -1.25. The fraction of sp³-hybridized carbons (Fsp3) is 0.294. The smallest absolute Gasteiger partial charge is 0.0214 e. The van der Waals surface area contributed by atoms with Gasteiger partial charge in [0, 0.05) is 24.8 Å². The van der Waals surface area contributed by atoms with Crippen LogP contribution in [-0.2, 0) is 0 Å². The maximum Gasteiger partial charge on any atom is 0.0214 e. The van der Waals surface area contributed by atoms with E-state index in [1.807, 2.05) is 11.8 Å². The van der Waals surface area contributed by atoms with Crippen LogP contribution in [-0.4, -0.2) is 25.1 Å². The molecule has 0 spiro atoms. The predicted molar refractivity (Wildman–Crippen MR) is 86.0 cm³/mol. The SMILES string of the molecule is CSCCNCC(c1ccccc1)c1ccccc1. The van der Waals surface area contributed by atoms with Crippen LogP contribution in [0.3, 0.4) is 0 Å². The largest absolute Gasteiger partial charge is 0.315 e. The van der Waals surface area contributed by atoms with Gasteiger partial charge < -0.3 is 5.32 Å². The van der Waals surface area contributed by atoms with Gasteiger partial charge in [-0.1, -0.05) is 60.7 Å². The van der Waals surface area contributed by atoms with E-state index in [1.54, 1.807) is 0 Å². The van der Waals surface area contributed by atoms with E-state index in [2.05, 4.69) is 72.2 Å². The van der Waals surface area contributed by atoms with Crippen molar-refractivity contribution in [1.29, 1.82) is 0 Å². The first kappa shape index (κ1) is 14.2. The molecule has 0 aliphatic carbocycles. The molecule has 0 aromatic heterocycles. The van der Waals surface area contributed by atoms with Crippen LogP contribution in [0.4, 0.5) is 0 Å². The van der Waals surface area contributed by atoms with E-state index in [0.29, 0.717) is 5.92 Å². The minimum absolute atomic E-state index is 0.434. The molecule has 0 amide bonds. The first-order valence-corrected chi connectivity index (χ1v) is 8.10. The molecule has 0 bridgehead atoms. The van der Waals surface area contributed by atoms with Crippen molar-refractivity contribution in [2.45, 2.75) is 5.92 Å². The van der Waals surface area contributed by atoms with Crippen LogP contribution in [0.2, 0.25) is 0 Å². The summed E-state index contributed by atoms with van der Waals surface area (Å²) in [6.07, 6.45) is 2.15. The number of hydrogen-bond acceptors (Lipinski definition) is 2. The van der Waals surface area contributed by atoms with Crippen LogP contribution in [0.25, 0.3) is 0 Å². The molecule has 1 N–H and O–H groups in total. The lowest BCUT2D eigenvalue weighted by molar-refractivity contribution is 0.661. The standard InChI is InChI=1S/C17H21NS/c1-19-13-12-18-14-17(15-8-4-2-5-9-15)16-10-6-3-7-11-16/h2-11,17-18H,12-14H2,1H3. The highest BCUT2D eigenvalue weighted by atomic mass is 32.2. The molecule has 0 fully saturated rings. The molecule has 2 heteroatoms. The molecule has 100 valence electrons. The van der Waals surface area contributed by atoms with Gasteiger partial charge in [0.25, 0.3) is 0 Å². The number of hydrogen-bond donors (Lipinski definition) is 1. The van der Waals surface area contributed by atoms with E-state index in [-0.39, 0.29) is 0 Å². The van der Waals surface area contributed by atoms with E-state index >= 15 is 0 Å². The van der Waals surface area contributed by atoms with Gasteiger partial charge in [0.15, 0.2) is 0 Å². The molecule has 0 saturated heterocycles. The molecule has 0 heterocycles. The van der Waals surface area contributed by atoms with Crippen molar-refractivity contribution in [3.8, 4) is 0 Å². The number of thioether (sulfide) groups is 1. The van der Waals surface area contributed by atoms with Crippen molar-refractivity contribution in [2.75, 3.05) is 25.1 Å². The third-order valence-electron chi connectivity index (χ3n) is 3.24.